The number of anilines is 1. The van der Waals surface area contributed by atoms with Gasteiger partial charge >= 0.3 is 18.0 Å². The zero-order valence-corrected chi connectivity index (χ0v) is 17.5. The van der Waals surface area contributed by atoms with Gasteiger partial charge in [0, 0.05) is 5.69 Å². The van der Waals surface area contributed by atoms with E-state index in [4.69, 9.17) is 4.74 Å². The van der Waals surface area contributed by atoms with Crippen LogP contribution in [0.15, 0.2) is 77.9 Å². The number of halogens is 3. The normalized spacial score (nSPS) is 11.3. The van der Waals surface area contributed by atoms with E-state index in [9.17, 15) is 22.8 Å². The van der Waals surface area contributed by atoms with Crippen molar-refractivity contribution in [3.63, 3.8) is 0 Å². The topological polar surface area (TPSA) is 79.8 Å². The minimum absolute atomic E-state index is 0.157. The van der Waals surface area contributed by atoms with Crippen molar-refractivity contribution < 1.29 is 27.5 Å². The lowest BCUT2D eigenvalue weighted by Crippen LogP contribution is -2.32. The Morgan fingerprint density at radius 3 is 2.33 bits per heavy atom. The van der Waals surface area contributed by atoms with Gasteiger partial charge in [-0.3, -0.25) is 9.59 Å². The van der Waals surface area contributed by atoms with Crippen molar-refractivity contribution in [3.8, 4) is 5.75 Å². The predicted molar refractivity (Wildman–Crippen MR) is 118 cm³/mol. The SMILES string of the molecule is Cc1ccc(COc2ccc(/C=N/NC(=O)C(=O)Nc3cccc(C(F)(F)F)c3)cc2)cc1. The maximum absolute atomic E-state index is 12.7. The Kier molecular flexibility index (Phi) is 7.45. The molecule has 0 saturated carbocycles. The summed E-state index contributed by atoms with van der Waals surface area (Å²) in [6.07, 6.45) is -3.24. The van der Waals surface area contributed by atoms with Crippen LogP contribution >= 0.6 is 0 Å². The molecule has 0 aliphatic heterocycles. The summed E-state index contributed by atoms with van der Waals surface area (Å²) in [5.74, 6) is -1.62. The molecule has 0 heterocycles. The number of nitrogens with zero attached hydrogens (tertiary/aromatic N) is 1. The third-order valence-corrected chi connectivity index (χ3v) is 4.44. The third kappa shape index (κ3) is 7.20. The summed E-state index contributed by atoms with van der Waals surface area (Å²) in [6, 6.07) is 18.8. The highest BCUT2D eigenvalue weighted by molar-refractivity contribution is 6.39. The number of hydrogen-bond donors (Lipinski definition) is 2. The number of hydrazone groups is 1. The van der Waals surface area contributed by atoms with E-state index in [2.05, 4.69) is 10.4 Å². The number of ether oxygens (including phenoxy) is 1. The molecule has 0 radical (unpaired) electrons. The van der Waals surface area contributed by atoms with Crippen LogP contribution in [0, 0.1) is 6.92 Å². The van der Waals surface area contributed by atoms with Crippen LogP contribution in [0.5, 0.6) is 5.75 Å². The zero-order valence-electron chi connectivity index (χ0n) is 17.5. The van der Waals surface area contributed by atoms with Crippen molar-refractivity contribution in [2.24, 2.45) is 5.10 Å². The average Bonchev–Trinajstić information content (AvgIpc) is 2.79. The van der Waals surface area contributed by atoms with E-state index in [0.29, 0.717) is 17.9 Å². The second-order valence-corrected chi connectivity index (χ2v) is 7.08. The van der Waals surface area contributed by atoms with Gasteiger partial charge in [-0.25, -0.2) is 5.43 Å². The van der Waals surface area contributed by atoms with E-state index in [1.54, 1.807) is 24.3 Å². The molecule has 3 rings (SSSR count). The number of carbonyl (C=O) groups excluding carboxylic acids is 2. The first-order chi connectivity index (χ1) is 15.7. The molecule has 0 saturated heterocycles. The molecule has 0 unspecified atom stereocenters. The first-order valence-electron chi connectivity index (χ1n) is 9.81. The highest BCUT2D eigenvalue weighted by atomic mass is 19.4. The van der Waals surface area contributed by atoms with Crippen LogP contribution in [0.3, 0.4) is 0 Å². The Morgan fingerprint density at radius 1 is 0.970 bits per heavy atom. The molecule has 2 amide bonds. The minimum Gasteiger partial charge on any atom is -0.489 e. The van der Waals surface area contributed by atoms with Gasteiger partial charge in [-0.05, 0) is 60.5 Å². The van der Waals surface area contributed by atoms with Gasteiger partial charge in [0.1, 0.15) is 12.4 Å². The number of benzene rings is 3. The molecule has 33 heavy (non-hydrogen) atoms. The van der Waals surface area contributed by atoms with Crippen LogP contribution in [0.25, 0.3) is 0 Å². The van der Waals surface area contributed by atoms with Crippen molar-refractivity contribution >= 4 is 23.7 Å². The molecule has 0 aliphatic rings. The van der Waals surface area contributed by atoms with Crippen LogP contribution in [0.2, 0.25) is 0 Å². The Morgan fingerprint density at radius 2 is 1.67 bits per heavy atom. The van der Waals surface area contributed by atoms with Gasteiger partial charge in [0.15, 0.2) is 0 Å². The Labute approximate surface area is 188 Å². The van der Waals surface area contributed by atoms with Crippen molar-refractivity contribution in [1.29, 1.82) is 0 Å². The molecular formula is C24H20F3N3O3. The zero-order chi connectivity index (χ0) is 23.8. The van der Waals surface area contributed by atoms with Gasteiger partial charge in [0.2, 0.25) is 0 Å². The van der Waals surface area contributed by atoms with E-state index >= 15 is 0 Å². The molecule has 0 aromatic heterocycles. The lowest BCUT2D eigenvalue weighted by Gasteiger charge is -2.09. The first-order valence-corrected chi connectivity index (χ1v) is 9.81. The second kappa shape index (κ2) is 10.4. The number of aryl methyl sites for hydroxylation is 1. The van der Waals surface area contributed by atoms with E-state index in [-0.39, 0.29) is 5.69 Å². The van der Waals surface area contributed by atoms with Gasteiger partial charge in [0.05, 0.1) is 11.8 Å². The number of carbonyl (C=O) groups is 2. The van der Waals surface area contributed by atoms with Crippen LogP contribution < -0.4 is 15.5 Å². The van der Waals surface area contributed by atoms with Gasteiger partial charge in [0.25, 0.3) is 0 Å². The summed E-state index contributed by atoms with van der Waals surface area (Å²) in [5.41, 5.74) is 3.77. The molecule has 0 atom stereocenters. The summed E-state index contributed by atoms with van der Waals surface area (Å²) in [6.45, 7) is 2.43. The van der Waals surface area contributed by atoms with Crippen molar-refractivity contribution in [1.82, 2.24) is 5.43 Å². The van der Waals surface area contributed by atoms with Crippen molar-refractivity contribution in [2.45, 2.75) is 19.7 Å². The van der Waals surface area contributed by atoms with Crippen LogP contribution in [0.1, 0.15) is 22.3 Å². The quantitative estimate of drug-likeness (QED) is 0.322. The first kappa shape index (κ1) is 23.5. The van der Waals surface area contributed by atoms with Crippen LogP contribution in [0.4, 0.5) is 18.9 Å². The van der Waals surface area contributed by atoms with E-state index in [0.717, 1.165) is 23.8 Å². The molecular weight excluding hydrogens is 435 g/mol. The number of alkyl halides is 3. The van der Waals surface area contributed by atoms with Crippen LogP contribution in [-0.4, -0.2) is 18.0 Å². The predicted octanol–water partition coefficient (Wildman–Crippen LogP) is 4.68. The van der Waals surface area contributed by atoms with E-state index in [1.807, 2.05) is 36.6 Å². The Hall–Kier alpha value is -4.14. The average molecular weight is 455 g/mol. The smallest absolute Gasteiger partial charge is 0.416 e. The molecule has 0 bridgehead atoms. The lowest BCUT2D eigenvalue weighted by molar-refractivity contribution is -0.137. The highest BCUT2D eigenvalue weighted by Gasteiger charge is 2.30. The fourth-order valence-electron chi connectivity index (χ4n) is 2.68. The maximum atomic E-state index is 12.7. The molecule has 3 aromatic rings. The fourth-order valence-corrected chi connectivity index (χ4v) is 2.68. The second-order valence-electron chi connectivity index (χ2n) is 7.08. The fraction of sp³-hybridized carbons (Fsp3) is 0.125. The molecule has 3 aromatic carbocycles. The van der Waals surface area contributed by atoms with E-state index in [1.165, 1.54) is 17.8 Å². The lowest BCUT2D eigenvalue weighted by atomic mass is 10.2. The molecule has 0 aliphatic carbocycles. The maximum Gasteiger partial charge on any atom is 0.416 e. The molecule has 0 fully saturated rings. The molecule has 2 N–H and O–H groups in total. The Bertz CT molecular complexity index is 1140. The standard InChI is InChI=1S/C24H20F3N3O3/c1-16-5-7-18(8-6-16)15-33-21-11-9-17(10-12-21)14-28-30-23(32)22(31)29-20-4-2-3-19(13-20)24(25,26)27/h2-14H,15H2,1H3,(H,29,31)(H,30,32)/b28-14+. The Balaban J connectivity index is 1.48. The van der Waals surface area contributed by atoms with Gasteiger partial charge < -0.3 is 10.1 Å². The number of rotatable bonds is 6. The van der Waals surface area contributed by atoms with Crippen LogP contribution in [-0.2, 0) is 22.4 Å². The summed E-state index contributed by atoms with van der Waals surface area (Å²) in [7, 11) is 0. The molecule has 6 nitrogen and oxygen atoms in total. The molecule has 170 valence electrons. The summed E-state index contributed by atoms with van der Waals surface area (Å²) >= 11 is 0. The molecule has 9 heteroatoms. The highest BCUT2D eigenvalue weighted by Crippen LogP contribution is 2.30. The van der Waals surface area contributed by atoms with Crippen molar-refractivity contribution in [3.05, 3.63) is 95.1 Å². The van der Waals surface area contributed by atoms with Gasteiger partial charge in [-0.2, -0.15) is 18.3 Å². The number of nitrogens with one attached hydrogen (secondary N) is 2. The summed E-state index contributed by atoms with van der Waals surface area (Å²) in [4.78, 5) is 23.7. The monoisotopic (exact) mass is 455 g/mol. The van der Waals surface area contributed by atoms with E-state index < -0.39 is 23.6 Å². The van der Waals surface area contributed by atoms with Gasteiger partial charge in [-0.15, -0.1) is 0 Å². The van der Waals surface area contributed by atoms with Crippen molar-refractivity contribution in [2.75, 3.05) is 5.32 Å². The summed E-state index contributed by atoms with van der Waals surface area (Å²) in [5, 5.41) is 5.79. The van der Waals surface area contributed by atoms with Gasteiger partial charge in [-0.1, -0.05) is 35.9 Å². The summed E-state index contributed by atoms with van der Waals surface area (Å²) < 4.78 is 43.9. The number of hydrogen-bond acceptors (Lipinski definition) is 4. The third-order valence-electron chi connectivity index (χ3n) is 4.44. The largest absolute Gasteiger partial charge is 0.489 e. The molecule has 0 spiro atoms. The minimum atomic E-state index is -4.56. The number of amides is 2.